The molecule has 1 aliphatic heterocycles. The summed E-state index contributed by atoms with van der Waals surface area (Å²) in [4.78, 5) is 48.1. The smallest absolute Gasteiger partial charge is 0.426 e. The van der Waals surface area contributed by atoms with Gasteiger partial charge >= 0.3 is 20.4 Å². The SMILES string of the molecule is CC(C)[C@@H](NC(=O)NCC(C)(C)OC(=O)OCO[PH](=O)O)C(=O)N1CC[C@](O)(c2ccc(Cl)cc2)C(C)(C)C1. The zero-order chi connectivity index (χ0) is 29.6. The predicted molar refractivity (Wildman–Crippen MR) is 144 cm³/mol. The molecule has 0 bridgehead atoms. The van der Waals surface area contributed by atoms with Gasteiger partial charge in [0, 0.05) is 23.5 Å². The lowest BCUT2D eigenvalue weighted by Crippen LogP contribution is -2.61. The lowest BCUT2D eigenvalue weighted by molar-refractivity contribution is -0.155. The summed E-state index contributed by atoms with van der Waals surface area (Å²) in [5, 5.41) is 17.5. The Kier molecular flexibility index (Phi) is 11.2. The third-order valence-corrected chi connectivity index (χ3v) is 7.31. The maximum absolute atomic E-state index is 13.5. The first-order valence-electron chi connectivity index (χ1n) is 12.5. The Morgan fingerprint density at radius 2 is 1.82 bits per heavy atom. The summed E-state index contributed by atoms with van der Waals surface area (Å²) in [6, 6.07) is 5.57. The van der Waals surface area contributed by atoms with Gasteiger partial charge in [-0.2, -0.15) is 0 Å². The molecule has 0 aliphatic carbocycles. The van der Waals surface area contributed by atoms with Crippen molar-refractivity contribution < 1.29 is 42.9 Å². The van der Waals surface area contributed by atoms with Crippen LogP contribution in [0.2, 0.25) is 5.02 Å². The number of amides is 3. The molecule has 1 aliphatic rings. The number of hydrogen-bond acceptors (Lipinski definition) is 8. The van der Waals surface area contributed by atoms with E-state index >= 15 is 0 Å². The van der Waals surface area contributed by atoms with Gasteiger partial charge in [-0.3, -0.25) is 13.9 Å². The molecule has 4 N–H and O–H groups in total. The highest BCUT2D eigenvalue weighted by atomic mass is 35.5. The Bertz CT molecular complexity index is 1050. The number of rotatable bonds is 10. The number of nitrogens with zero attached hydrogens (tertiary/aromatic N) is 1. The van der Waals surface area contributed by atoms with Crippen LogP contribution in [0.4, 0.5) is 9.59 Å². The summed E-state index contributed by atoms with van der Waals surface area (Å²) < 4.78 is 24.4. The van der Waals surface area contributed by atoms with Gasteiger partial charge in [-0.05, 0) is 43.9 Å². The number of carbonyl (C=O) groups is 3. The van der Waals surface area contributed by atoms with Crippen LogP contribution in [0.5, 0.6) is 0 Å². The van der Waals surface area contributed by atoms with Gasteiger partial charge in [0.1, 0.15) is 11.6 Å². The topological polar surface area (TPSA) is 164 Å². The number of piperidine rings is 1. The third-order valence-electron chi connectivity index (χ3n) is 6.70. The van der Waals surface area contributed by atoms with Crippen molar-refractivity contribution in [2.45, 2.75) is 65.2 Å². The number of carbonyl (C=O) groups excluding carboxylic acids is 3. The van der Waals surface area contributed by atoms with Crippen LogP contribution in [0, 0.1) is 11.3 Å². The Labute approximate surface area is 234 Å². The lowest BCUT2D eigenvalue weighted by Gasteiger charge is -2.51. The first-order valence-corrected chi connectivity index (χ1v) is 14.1. The Morgan fingerprint density at radius 1 is 1.21 bits per heavy atom. The maximum atomic E-state index is 13.5. The second-order valence-corrected chi connectivity index (χ2v) is 12.4. The van der Waals surface area contributed by atoms with Crippen molar-refractivity contribution in [3.63, 3.8) is 0 Å². The molecule has 1 saturated heterocycles. The Balaban J connectivity index is 1.98. The van der Waals surface area contributed by atoms with E-state index in [9.17, 15) is 24.1 Å². The van der Waals surface area contributed by atoms with Crippen LogP contribution in [0.25, 0.3) is 0 Å². The van der Waals surface area contributed by atoms with E-state index in [1.165, 1.54) is 13.8 Å². The summed E-state index contributed by atoms with van der Waals surface area (Å²) in [7, 11) is -3.25. The Morgan fingerprint density at radius 3 is 2.36 bits per heavy atom. The number of hydrogen-bond donors (Lipinski definition) is 4. The van der Waals surface area contributed by atoms with Gasteiger partial charge in [0.2, 0.25) is 12.7 Å². The number of nitrogens with one attached hydrogen (secondary N) is 2. The molecule has 1 aromatic carbocycles. The van der Waals surface area contributed by atoms with Crippen molar-refractivity contribution in [1.82, 2.24) is 15.5 Å². The number of halogens is 1. The number of likely N-dealkylation sites (tertiary alicyclic amines) is 1. The van der Waals surface area contributed by atoms with E-state index in [1.807, 2.05) is 27.7 Å². The molecule has 0 spiro atoms. The fraction of sp³-hybridized carbons (Fsp3) is 0.640. The van der Waals surface area contributed by atoms with E-state index in [0.29, 0.717) is 18.0 Å². The van der Waals surface area contributed by atoms with Crippen LogP contribution >= 0.6 is 19.9 Å². The predicted octanol–water partition coefficient (Wildman–Crippen LogP) is 3.40. The second kappa shape index (κ2) is 13.3. The first kappa shape index (κ1) is 32.8. The number of ether oxygens (including phenoxy) is 2. The maximum Gasteiger partial charge on any atom is 0.511 e. The molecule has 1 unspecified atom stereocenters. The third kappa shape index (κ3) is 9.08. The highest BCUT2D eigenvalue weighted by Gasteiger charge is 2.50. The summed E-state index contributed by atoms with van der Waals surface area (Å²) in [5.74, 6) is -0.504. The molecular weight excluding hydrogens is 553 g/mol. The molecule has 1 heterocycles. The van der Waals surface area contributed by atoms with Gasteiger partial charge in [-0.1, -0.05) is 51.4 Å². The van der Waals surface area contributed by atoms with Crippen LogP contribution in [0.1, 0.15) is 53.5 Å². The normalized spacial score (nSPS) is 20.6. The van der Waals surface area contributed by atoms with Crippen molar-refractivity contribution >= 4 is 37.9 Å². The molecule has 220 valence electrons. The van der Waals surface area contributed by atoms with E-state index in [2.05, 4.69) is 19.9 Å². The van der Waals surface area contributed by atoms with Gasteiger partial charge in [0.25, 0.3) is 0 Å². The molecule has 2 rings (SSSR count). The molecule has 39 heavy (non-hydrogen) atoms. The minimum absolute atomic E-state index is 0.116. The van der Waals surface area contributed by atoms with E-state index in [-0.39, 0.29) is 24.9 Å². The lowest BCUT2D eigenvalue weighted by atomic mass is 9.66. The van der Waals surface area contributed by atoms with Crippen LogP contribution in [0.15, 0.2) is 24.3 Å². The van der Waals surface area contributed by atoms with E-state index in [1.54, 1.807) is 29.2 Å². The fourth-order valence-corrected chi connectivity index (χ4v) is 4.67. The van der Waals surface area contributed by atoms with Gasteiger partial charge in [-0.25, -0.2) is 9.59 Å². The van der Waals surface area contributed by atoms with Crippen LogP contribution in [0.3, 0.4) is 0 Å². The summed E-state index contributed by atoms with van der Waals surface area (Å²) in [6.45, 7) is 10.2. The highest BCUT2D eigenvalue weighted by molar-refractivity contribution is 7.32. The standard InChI is InChI=1S/C25H39ClN3O9P/c1-16(2)19(28-21(31)27-13-24(5,6)38-22(32)36-15-37-39(34)35)20(30)29-12-11-25(33,23(3,4)14-29)17-7-9-18(26)10-8-17/h7-10,16,19,33,39H,11-15H2,1-6H3,(H,34,35)(H2,27,28,31)/t19-,25+/m1/s1. The van der Waals surface area contributed by atoms with Gasteiger partial charge in [-0.15, -0.1) is 0 Å². The van der Waals surface area contributed by atoms with Gasteiger partial charge in [0.15, 0.2) is 0 Å². The van der Waals surface area contributed by atoms with Crippen LogP contribution in [-0.4, -0.2) is 71.1 Å². The average molecular weight is 592 g/mol. The quantitative estimate of drug-likeness (QED) is 0.181. The van der Waals surface area contributed by atoms with Gasteiger partial charge in [0.05, 0.1) is 12.1 Å². The van der Waals surface area contributed by atoms with Crippen LogP contribution < -0.4 is 10.6 Å². The molecule has 1 aromatic rings. The van der Waals surface area contributed by atoms with Crippen LogP contribution in [-0.2, 0) is 29.0 Å². The van der Waals surface area contributed by atoms with Crippen molar-refractivity contribution in [3.05, 3.63) is 34.9 Å². The first-order chi connectivity index (χ1) is 18.0. The Hall–Kier alpha value is -2.37. The molecule has 0 saturated carbocycles. The average Bonchev–Trinajstić information content (AvgIpc) is 2.82. The number of benzene rings is 1. The molecule has 3 amide bonds. The minimum Gasteiger partial charge on any atom is -0.426 e. The van der Waals surface area contributed by atoms with Gasteiger partial charge < -0.3 is 35.0 Å². The molecule has 0 aromatic heterocycles. The summed E-state index contributed by atoms with van der Waals surface area (Å²) in [6.07, 6.45) is -0.834. The number of urea groups is 1. The minimum atomic E-state index is -3.25. The second-order valence-electron chi connectivity index (χ2n) is 11.1. The largest absolute Gasteiger partial charge is 0.511 e. The summed E-state index contributed by atoms with van der Waals surface area (Å²) >= 11 is 6.01. The monoisotopic (exact) mass is 591 g/mol. The molecule has 14 heteroatoms. The van der Waals surface area contributed by atoms with Crippen molar-refractivity contribution in [2.24, 2.45) is 11.3 Å². The van der Waals surface area contributed by atoms with E-state index < -0.39 is 49.9 Å². The van der Waals surface area contributed by atoms with Crippen molar-refractivity contribution in [1.29, 1.82) is 0 Å². The van der Waals surface area contributed by atoms with E-state index in [0.717, 1.165) is 5.56 Å². The summed E-state index contributed by atoms with van der Waals surface area (Å²) in [5.41, 5.74) is -2.32. The molecule has 0 radical (unpaired) electrons. The van der Waals surface area contributed by atoms with E-state index in [4.69, 9.17) is 21.2 Å². The zero-order valence-corrected chi connectivity index (χ0v) is 24.8. The van der Waals surface area contributed by atoms with Crippen molar-refractivity contribution in [3.8, 4) is 0 Å². The molecule has 12 nitrogen and oxygen atoms in total. The van der Waals surface area contributed by atoms with Crippen molar-refractivity contribution in [2.75, 3.05) is 26.4 Å². The fourth-order valence-electron chi connectivity index (χ4n) is 4.39. The molecule has 3 atom stereocenters. The number of aliphatic hydroxyl groups is 1. The zero-order valence-electron chi connectivity index (χ0n) is 23.1. The highest BCUT2D eigenvalue weighted by Crippen LogP contribution is 2.46. The molecular formula is C25H39ClN3O9P. The molecule has 1 fully saturated rings.